The van der Waals surface area contributed by atoms with Crippen LogP contribution in [0.1, 0.15) is 16.7 Å². The van der Waals surface area contributed by atoms with Crippen LogP contribution in [0.15, 0.2) is 70.7 Å². The van der Waals surface area contributed by atoms with Gasteiger partial charge in [-0.15, -0.1) is 0 Å². The Morgan fingerprint density at radius 3 is 2.36 bits per heavy atom. The molecule has 1 fully saturated rings. The SMILES string of the molecule is O=C1NC(=O)N(c2cc(C(F)(F)F)ccc2Cl)C(=O)/C1=C\c1ccc(OCc2ccc([N+](=O)[O-])cc2)c(Br)c1. The standard InChI is InChI=1S/C25H14BrClF3N3O6/c26-18-10-14(3-8-21(18)39-12-13-1-5-16(6-2-13)33(37)38)9-17-22(34)31-24(36)32(23(17)35)20-11-15(25(28,29)30)4-7-19(20)27/h1-11H,12H2,(H,31,34,36)/b17-9-. The van der Waals surface area contributed by atoms with Crippen molar-refractivity contribution in [3.05, 3.63) is 103 Å². The molecule has 0 aliphatic carbocycles. The number of imide groups is 2. The monoisotopic (exact) mass is 623 g/mol. The van der Waals surface area contributed by atoms with Crippen LogP contribution in [0.25, 0.3) is 6.08 Å². The van der Waals surface area contributed by atoms with Crippen LogP contribution in [0.4, 0.5) is 29.3 Å². The van der Waals surface area contributed by atoms with Crippen molar-refractivity contribution in [1.29, 1.82) is 0 Å². The third kappa shape index (κ3) is 6.10. The average Bonchev–Trinajstić information content (AvgIpc) is 2.86. The summed E-state index contributed by atoms with van der Waals surface area (Å²) in [6.07, 6.45) is -3.61. The fraction of sp³-hybridized carbons (Fsp3) is 0.0800. The van der Waals surface area contributed by atoms with Gasteiger partial charge in [0.2, 0.25) is 0 Å². The number of barbiturate groups is 1. The lowest BCUT2D eigenvalue weighted by molar-refractivity contribution is -0.384. The van der Waals surface area contributed by atoms with Crippen molar-refractivity contribution < 1.29 is 37.2 Å². The topological polar surface area (TPSA) is 119 Å². The van der Waals surface area contributed by atoms with Gasteiger partial charge in [0.1, 0.15) is 17.9 Å². The van der Waals surface area contributed by atoms with Gasteiger partial charge in [-0.25, -0.2) is 9.69 Å². The first kappa shape index (κ1) is 27.8. The van der Waals surface area contributed by atoms with E-state index < -0.39 is 45.8 Å². The lowest BCUT2D eigenvalue weighted by atomic mass is 10.1. The van der Waals surface area contributed by atoms with Gasteiger partial charge < -0.3 is 4.74 Å². The number of urea groups is 1. The molecule has 4 amide bonds. The van der Waals surface area contributed by atoms with Crippen molar-refractivity contribution in [3.8, 4) is 5.75 Å². The zero-order valence-electron chi connectivity index (χ0n) is 19.3. The Balaban J connectivity index is 1.57. The number of hydrogen-bond donors (Lipinski definition) is 1. The third-order valence-corrected chi connectivity index (χ3v) is 6.36. The summed E-state index contributed by atoms with van der Waals surface area (Å²) in [4.78, 5) is 48.6. The van der Waals surface area contributed by atoms with E-state index in [1.165, 1.54) is 30.3 Å². The first-order valence-electron chi connectivity index (χ1n) is 10.8. The minimum Gasteiger partial charge on any atom is -0.488 e. The van der Waals surface area contributed by atoms with Crippen LogP contribution in [-0.4, -0.2) is 22.8 Å². The number of amides is 4. The zero-order chi connectivity index (χ0) is 28.5. The summed E-state index contributed by atoms with van der Waals surface area (Å²) in [7, 11) is 0. The van der Waals surface area contributed by atoms with E-state index in [1.54, 1.807) is 12.1 Å². The van der Waals surface area contributed by atoms with Gasteiger partial charge in [0.15, 0.2) is 0 Å². The number of carbonyl (C=O) groups excluding carboxylic acids is 3. The molecule has 1 heterocycles. The van der Waals surface area contributed by atoms with Crippen molar-refractivity contribution in [2.75, 3.05) is 4.90 Å². The molecule has 14 heteroatoms. The second kappa shape index (κ2) is 10.9. The molecule has 0 radical (unpaired) electrons. The van der Waals surface area contributed by atoms with Crippen LogP contribution < -0.4 is 15.0 Å². The molecule has 1 N–H and O–H groups in total. The second-order valence-electron chi connectivity index (χ2n) is 8.02. The number of nitro benzene ring substituents is 1. The molecule has 3 aromatic rings. The lowest BCUT2D eigenvalue weighted by Gasteiger charge is -2.27. The van der Waals surface area contributed by atoms with Gasteiger partial charge >= 0.3 is 12.2 Å². The number of anilines is 1. The molecule has 4 rings (SSSR count). The molecule has 1 aliphatic heterocycles. The predicted octanol–water partition coefficient (Wildman–Crippen LogP) is 6.27. The first-order chi connectivity index (χ1) is 18.3. The summed E-state index contributed by atoms with van der Waals surface area (Å²) >= 11 is 9.32. The van der Waals surface area contributed by atoms with Crippen LogP contribution in [0.3, 0.4) is 0 Å². The molecule has 0 aromatic heterocycles. The van der Waals surface area contributed by atoms with Crippen molar-refractivity contribution >= 4 is 62.8 Å². The normalized spacial score (nSPS) is 14.9. The first-order valence-corrected chi connectivity index (χ1v) is 12.0. The molecule has 39 heavy (non-hydrogen) atoms. The zero-order valence-corrected chi connectivity index (χ0v) is 21.6. The Labute approximate surface area is 231 Å². The molecular formula is C25H14BrClF3N3O6. The molecule has 1 saturated heterocycles. The minimum absolute atomic E-state index is 0.0609. The van der Waals surface area contributed by atoms with Gasteiger partial charge in [-0.1, -0.05) is 17.7 Å². The minimum atomic E-state index is -4.77. The van der Waals surface area contributed by atoms with Crippen molar-refractivity contribution in [2.24, 2.45) is 0 Å². The molecule has 200 valence electrons. The highest BCUT2D eigenvalue weighted by molar-refractivity contribution is 9.10. The Hall–Kier alpha value is -4.23. The maximum Gasteiger partial charge on any atom is 0.416 e. The highest BCUT2D eigenvalue weighted by Crippen LogP contribution is 2.37. The Morgan fingerprint density at radius 2 is 1.74 bits per heavy atom. The molecule has 0 spiro atoms. The molecule has 0 saturated carbocycles. The number of nitrogens with zero attached hydrogens (tertiary/aromatic N) is 2. The molecule has 0 bridgehead atoms. The largest absolute Gasteiger partial charge is 0.488 e. The summed E-state index contributed by atoms with van der Waals surface area (Å²) in [6, 6.07) is 11.2. The molecule has 1 aliphatic rings. The maximum absolute atomic E-state index is 13.2. The van der Waals surface area contributed by atoms with Crippen LogP contribution in [0.5, 0.6) is 5.75 Å². The highest BCUT2D eigenvalue weighted by Gasteiger charge is 2.39. The van der Waals surface area contributed by atoms with Gasteiger partial charge in [-0.3, -0.25) is 25.0 Å². The van der Waals surface area contributed by atoms with E-state index in [1.807, 2.05) is 5.32 Å². The smallest absolute Gasteiger partial charge is 0.416 e. The fourth-order valence-electron chi connectivity index (χ4n) is 3.50. The number of carbonyl (C=O) groups is 3. The number of alkyl halides is 3. The van der Waals surface area contributed by atoms with E-state index in [-0.39, 0.29) is 17.3 Å². The quantitative estimate of drug-likeness (QED) is 0.149. The molecule has 3 aromatic carbocycles. The van der Waals surface area contributed by atoms with E-state index in [4.69, 9.17) is 16.3 Å². The number of non-ortho nitro benzene ring substituents is 1. The van der Waals surface area contributed by atoms with Gasteiger partial charge in [0, 0.05) is 12.1 Å². The van der Waals surface area contributed by atoms with E-state index in [0.717, 1.165) is 12.1 Å². The number of nitro groups is 1. The lowest BCUT2D eigenvalue weighted by Crippen LogP contribution is -2.54. The molecule has 0 unspecified atom stereocenters. The number of nitrogens with one attached hydrogen (secondary N) is 1. The summed E-state index contributed by atoms with van der Waals surface area (Å²) in [6.45, 7) is 0.0900. The van der Waals surface area contributed by atoms with Crippen molar-refractivity contribution in [3.63, 3.8) is 0 Å². The third-order valence-electron chi connectivity index (χ3n) is 5.42. The number of ether oxygens (including phenoxy) is 1. The summed E-state index contributed by atoms with van der Waals surface area (Å²) in [5.74, 6) is -1.83. The van der Waals surface area contributed by atoms with Crippen LogP contribution in [0, 0.1) is 10.1 Å². The maximum atomic E-state index is 13.2. The van der Waals surface area contributed by atoms with Crippen LogP contribution >= 0.6 is 27.5 Å². The fourth-order valence-corrected chi connectivity index (χ4v) is 4.22. The van der Waals surface area contributed by atoms with Crippen molar-refractivity contribution in [1.82, 2.24) is 5.32 Å². The van der Waals surface area contributed by atoms with E-state index >= 15 is 0 Å². The summed E-state index contributed by atoms with van der Waals surface area (Å²) in [5.41, 5.74) is -1.26. The van der Waals surface area contributed by atoms with Gasteiger partial charge in [-0.2, -0.15) is 13.2 Å². The summed E-state index contributed by atoms with van der Waals surface area (Å²) in [5, 5.41) is 12.4. The highest BCUT2D eigenvalue weighted by atomic mass is 79.9. The Morgan fingerprint density at radius 1 is 1.05 bits per heavy atom. The average molecular weight is 625 g/mol. The number of halogens is 5. The predicted molar refractivity (Wildman–Crippen MR) is 137 cm³/mol. The van der Waals surface area contributed by atoms with Crippen LogP contribution in [-0.2, 0) is 22.4 Å². The Bertz CT molecular complexity index is 1540. The number of benzene rings is 3. The van der Waals surface area contributed by atoms with E-state index in [9.17, 15) is 37.7 Å². The van der Waals surface area contributed by atoms with Crippen molar-refractivity contribution in [2.45, 2.75) is 12.8 Å². The van der Waals surface area contributed by atoms with Gasteiger partial charge in [-0.05, 0) is 75.6 Å². The molecule has 0 atom stereocenters. The number of hydrogen-bond acceptors (Lipinski definition) is 6. The Kier molecular flexibility index (Phi) is 7.74. The van der Waals surface area contributed by atoms with E-state index in [2.05, 4.69) is 15.9 Å². The van der Waals surface area contributed by atoms with Crippen LogP contribution in [0.2, 0.25) is 5.02 Å². The van der Waals surface area contributed by atoms with Gasteiger partial charge in [0.05, 0.1) is 25.7 Å². The number of rotatable bonds is 6. The molecule has 9 nitrogen and oxygen atoms in total. The van der Waals surface area contributed by atoms with E-state index in [0.29, 0.717) is 38.4 Å². The second-order valence-corrected chi connectivity index (χ2v) is 9.29. The van der Waals surface area contributed by atoms with Gasteiger partial charge in [0.25, 0.3) is 17.5 Å². The molecular weight excluding hydrogens is 611 g/mol. The summed E-state index contributed by atoms with van der Waals surface area (Å²) < 4.78 is 45.7.